The molecule has 5 nitrogen and oxygen atoms in total. The van der Waals surface area contributed by atoms with Gasteiger partial charge in [0.05, 0.1) is 0 Å². The highest BCUT2D eigenvalue weighted by Crippen LogP contribution is 2.29. The Morgan fingerprint density at radius 2 is 1.81 bits per heavy atom. The molecule has 134 valence electrons. The Balaban J connectivity index is 1.51. The number of hydrogen-bond acceptors (Lipinski definition) is 6. The molecule has 4 aromatic rings. The fourth-order valence-electron chi connectivity index (χ4n) is 2.69. The van der Waals surface area contributed by atoms with Gasteiger partial charge < -0.3 is 0 Å². The van der Waals surface area contributed by atoms with Crippen LogP contribution in [0.25, 0.3) is 21.1 Å². The number of hydrogen-bond donors (Lipinski definition) is 1. The quantitative estimate of drug-likeness (QED) is 0.518. The van der Waals surface area contributed by atoms with E-state index in [-0.39, 0.29) is 5.91 Å². The second-order valence-corrected chi connectivity index (χ2v) is 7.92. The highest BCUT2D eigenvalue weighted by Gasteiger charge is 2.15. The maximum atomic E-state index is 12.5. The molecular weight excluding hydrogens is 376 g/mol. The lowest BCUT2D eigenvalue weighted by atomic mass is 10.1. The zero-order valence-corrected chi connectivity index (χ0v) is 16.4. The first-order chi connectivity index (χ1) is 13.1. The molecular formula is C20H16N4OS2. The number of aryl methyl sites for hydroxylation is 2. The van der Waals surface area contributed by atoms with Crippen molar-refractivity contribution in [2.75, 3.05) is 5.32 Å². The van der Waals surface area contributed by atoms with E-state index in [1.54, 1.807) is 5.38 Å². The first-order valence-electron chi connectivity index (χ1n) is 8.33. The Hall–Kier alpha value is -2.90. The van der Waals surface area contributed by atoms with Crippen LogP contribution in [0.1, 0.15) is 21.6 Å². The molecule has 7 heteroatoms. The van der Waals surface area contributed by atoms with Crippen molar-refractivity contribution in [3.8, 4) is 21.1 Å². The van der Waals surface area contributed by atoms with Gasteiger partial charge in [-0.2, -0.15) is 0 Å². The van der Waals surface area contributed by atoms with Gasteiger partial charge in [0.2, 0.25) is 5.13 Å². The lowest BCUT2D eigenvalue weighted by Gasteiger charge is -2.03. The van der Waals surface area contributed by atoms with Crippen LogP contribution in [0.5, 0.6) is 0 Å². The fourth-order valence-corrected chi connectivity index (χ4v) is 4.32. The topological polar surface area (TPSA) is 67.8 Å². The second-order valence-electron chi connectivity index (χ2n) is 6.09. The Kier molecular flexibility index (Phi) is 4.79. The Bertz CT molecular complexity index is 1100. The van der Waals surface area contributed by atoms with Gasteiger partial charge in [-0.05, 0) is 19.4 Å². The molecule has 0 radical (unpaired) electrons. The van der Waals surface area contributed by atoms with Crippen LogP contribution in [0.2, 0.25) is 0 Å². The van der Waals surface area contributed by atoms with E-state index < -0.39 is 0 Å². The molecule has 0 aliphatic rings. The van der Waals surface area contributed by atoms with E-state index in [1.165, 1.54) is 28.2 Å². The van der Waals surface area contributed by atoms with Gasteiger partial charge in [0.1, 0.15) is 15.7 Å². The number of aromatic nitrogens is 3. The summed E-state index contributed by atoms with van der Waals surface area (Å²) in [6.45, 7) is 4.11. The minimum atomic E-state index is -0.280. The summed E-state index contributed by atoms with van der Waals surface area (Å²) in [6.07, 6.45) is 0. The molecule has 0 aliphatic carbocycles. The summed E-state index contributed by atoms with van der Waals surface area (Å²) in [6, 6.07) is 16.0. The van der Waals surface area contributed by atoms with E-state index in [9.17, 15) is 4.79 Å². The summed E-state index contributed by atoms with van der Waals surface area (Å²) < 4.78 is 0. The number of thiazole rings is 1. The van der Waals surface area contributed by atoms with Crippen molar-refractivity contribution in [1.82, 2.24) is 15.2 Å². The highest BCUT2D eigenvalue weighted by atomic mass is 32.1. The maximum absolute atomic E-state index is 12.5. The molecule has 2 heterocycles. The number of nitrogens with one attached hydrogen (secondary N) is 1. The first-order valence-corrected chi connectivity index (χ1v) is 10.0. The molecule has 0 aliphatic heterocycles. The zero-order chi connectivity index (χ0) is 18.8. The normalized spacial score (nSPS) is 10.7. The lowest BCUT2D eigenvalue weighted by molar-refractivity contribution is 0.102. The van der Waals surface area contributed by atoms with Crippen LogP contribution >= 0.6 is 22.7 Å². The largest absolute Gasteiger partial charge is 0.295 e. The van der Waals surface area contributed by atoms with Crippen molar-refractivity contribution in [1.29, 1.82) is 0 Å². The van der Waals surface area contributed by atoms with E-state index in [0.29, 0.717) is 10.8 Å². The molecule has 0 spiro atoms. The number of anilines is 1. The molecule has 0 saturated carbocycles. The summed E-state index contributed by atoms with van der Waals surface area (Å²) in [5.41, 5.74) is 4.75. The zero-order valence-electron chi connectivity index (χ0n) is 14.8. The minimum absolute atomic E-state index is 0.280. The smallest absolute Gasteiger partial charge is 0.276 e. The van der Waals surface area contributed by atoms with Gasteiger partial charge in [0.25, 0.3) is 5.91 Å². The van der Waals surface area contributed by atoms with Crippen molar-refractivity contribution in [2.45, 2.75) is 13.8 Å². The molecule has 1 N–H and O–H groups in total. The van der Waals surface area contributed by atoms with Crippen LogP contribution in [0.4, 0.5) is 5.13 Å². The van der Waals surface area contributed by atoms with Crippen molar-refractivity contribution < 1.29 is 4.79 Å². The summed E-state index contributed by atoms with van der Waals surface area (Å²) in [5, 5.41) is 14.8. The third-order valence-electron chi connectivity index (χ3n) is 4.02. The number of rotatable bonds is 4. The number of carbonyl (C=O) groups is 1. The third kappa shape index (κ3) is 3.79. The average molecular weight is 393 g/mol. The van der Waals surface area contributed by atoms with E-state index in [4.69, 9.17) is 0 Å². The van der Waals surface area contributed by atoms with Gasteiger partial charge in [-0.15, -0.1) is 21.5 Å². The van der Waals surface area contributed by atoms with Crippen molar-refractivity contribution in [3.63, 3.8) is 0 Å². The summed E-state index contributed by atoms with van der Waals surface area (Å²) in [4.78, 5) is 17.0. The number of nitrogens with zero attached hydrogens (tertiary/aromatic N) is 3. The molecule has 0 bridgehead atoms. The minimum Gasteiger partial charge on any atom is -0.295 e. The molecule has 2 aromatic heterocycles. The predicted octanol–water partition coefficient (Wildman–Crippen LogP) is 5.20. The summed E-state index contributed by atoms with van der Waals surface area (Å²) >= 11 is 2.80. The van der Waals surface area contributed by atoms with Crippen LogP contribution in [-0.4, -0.2) is 21.1 Å². The van der Waals surface area contributed by atoms with Gasteiger partial charge in [-0.25, -0.2) is 4.98 Å². The van der Waals surface area contributed by atoms with Crippen molar-refractivity contribution in [3.05, 3.63) is 70.7 Å². The molecule has 1 amide bonds. The predicted molar refractivity (Wildman–Crippen MR) is 110 cm³/mol. The van der Waals surface area contributed by atoms with E-state index >= 15 is 0 Å². The molecule has 0 atom stereocenters. The first kappa shape index (κ1) is 17.5. The van der Waals surface area contributed by atoms with E-state index in [2.05, 4.69) is 46.5 Å². The Morgan fingerprint density at radius 1 is 1.00 bits per heavy atom. The Morgan fingerprint density at radius 3 is 2.59 bits per heavy atom. The fraction of sp³-hybridized carbons (Fsp3) is 0.100. The second kappa shape index (κ2) is 7.38. The number of carbonyl (C=O) groups excluding carboxylic acids is 1. The number of benzene rings is 2. The maximum Gasteiger partial charge on any atom is 0.276 e. The average Bonchev–Trinajstić information content (AvgIpc) is 3.32. The van der Waals surface area contributed by atoms with Crippen LogP contribution in [0.3, 0.4) is 0 Å². The van der Waals surface area contributed by atoms with E-state index in [1.807, 2.05) is 36.4 Å². The SMILES string of the molecule is Cc1ccc(-c2nc(C(=O)Nc3nnc(-c4ccccc4)s3)cs2)c(C)c1. The van der Waals surface area contributed by atoms with Crippen LogP contribution in [0, 0.1) is 13.8 Å². The molecule has 0 saturated heterocycles. The molecule has 27 heavy (non-hydrogen) atoms. The third-order valence-corrected chi connectivity index (χ3v) is 5.78. The van der Waals surface area contributed by atoms with Crippen LogP contribution < -0.4 is 5.32 Å². The van der Waals surface area contributed by atoms with Gasteiger partial charge >= 0.3 is 0 Å². The van der Waals surface area contributed by atoms with Crippen LogP contribution in [-0.2, 0) is 0 Å². The van der Waals surface area contributed by atoms with Gasteiger partial charge in [0, 0.05) is 16.5 Å². The Labute approximate surface area is 164 Å². The highest BCUT2D eigenvalue weighted by molar-refractivity contribution is 7.18. The van der Waals surface area contributed by atoms with Gasteiger partial charge in [0.15, 0.2) is 0 Å². The van der Waals surface area contributed by atoms with E-state index in [0.717, 1.165) is 26.7 Å². The molecule has 0 unspecified atom stereocenters. The van der Waals surface area contributed by atoms with Crippen LogP contribution in [0.15, 0.2) is 53.9 Å². The van der Waals surface area contributed by atoms with Gasteiger partial charge in [-0.3, -0.25) is 10.1 Å². The number of amides is 1. The van der Waals surface area contributed by atoms with Gasteiger partial charge in [-0.1, -0.05) is 65.4 Å². The van der Waals surface area contributed by atoms with Crippen molar-refractivity contribution in [2.24, 2.45) is 0 Å². The molecule has 4 rings (SSSR count). The summed E-state index contributed by atoms with van der Waals surface area (Å²) in [5.74, 6) is -0.280. The monoisotopic (exact) mass is 392 g/mol. The van der Waals surface area contributed by atoms with Crippen molar-refractivity contribution >= 4 is 33.7 Å². The summed E-state index contributed by atoms with van der Waals surface area (Å²) in [7, 11) is 0. The standard InChI is InChI=1S/C20H16N4OS2/c1-12-8-9-15(13(2)10-12)19-21-16(11-26-19)17(25)22-20-24-23-18(27-20)14-6-4-3-5-7-14/h3-11H,1-2H3,(H,22,24,25). The lowest BCUT2D eigenvalue weighted by Crippen LogP contribution is -2.12. The molecule has 0 fully saturated rings. The molecule has 2 aromatic carbocycles.